The van der Waals surface area contributed by atoms with E-state index >= 15 is 0 Å². The predicted octanol–water partition coefficient (Wildman–Crippen LogP) is 2.74. The van der Waals surface area contributed by atoms with Gasteiger partial charge in [-0.3, -0.25) is 10.1 Å². The molecule has 7 heteroatoms. The molecule has 0 fully saturated rings. The third kappa shape index (κ3) is 2.89. The van der Waals surface area contributed by atoms with Crippen LogP contribution in [0.25, 0.3) is 0 Å². The molecule has 1 aromatic heterocycles. The Morgan fingerprint density at radius 1 is 1.35 bits per heavy atom. The van der Waals surface area contributed by atoms with Gasteiger partial charge in [0, 0.05) is 17.3 Å². The lowest BCUT2D eigenvalue weighted by molar-refractivity contribution is -0.385. The summed E-state index contributed by atoms with van der Waals surface area (Å²) in [4.78, 5) is 25.1. The van der Waals surface area contributed by atoms with E-state index in [2.05, 4.69) is 10.3 Å². The SMILES string of the molecule is Cc1ccc(Nc2cccc(C(=O)O)n2)cc1[N+](=O)[O-]. The molecular formula is C13H11N3O4. The van der Waals surface area contributed by atoms with Gasteiger partial charge in [-0.2, -0.15) is 0 Å². The molecule has 1 heterocycles. The van der Waals surface area contributed by atoms with Gasteiger partial charge in [0.15, 0.2) is 5.69 Å². The molecule has 0 atom stereocenters. The van der Waals surface area contributed by atoms with E-state index in [4.69, 9.17) is 5.11 Å². The van der Waals surface area contributed by atoms with Crippen LogP contribution < -0.4 is 5.32 Å². The maximum Gasteiger partial charge on any atom is 0.354 e. The first-order valence-corrected chi connectivity index (χ1v) is 5.70. The van der Waals surface area contributed by atoms with Crippen molar-refractivity contribution in [2.24, 2.45) is 0 Å². The van der Waals surface area contributed by atoms with Gasteiger partial charge < -0.3 is 10.4 Å². The molecule has 0 unspecified atom stereocenters. The van der Waals surface area contributed by atoms with Crippen LogP contribution in [-0.4, -0.2) is 21.0 Å². The second-order valence-electron chi connectivity index (χ2n) is 4.10. The van der Waals surface area contributed by atoms with Crippen LogP contribution in [0.4, 0.5) is 17.2 Å². The first-order chi connectivity index (χ1) is 9.47. The summed E-state index contributed by atoms with van der Waals surface area (Å²) in [5.41, 5.74) is 0.908. The van der Waals surface area contributed by atoms with Crippen molar-refractivity contribution in [2.75, 3.05) is 5.32 Å². The summed E-state index contributed by atoms with van der Waals surface area (Å²) in [6, 6.07) is 9.15. The van der Waals surface area contributed by atoms with E-state index in [9.17, 15) is 14.9 Å². The second-order valence-corrected chi connectivity index (χ2v) is 4.10. The average molecular weight is 273 g/mol. The lowest BCUT2D eigenvalue weighted by atomic mass is 10.2. The molecule has 0 aliphatic heterocycles. The normalized spacial score (nSPS) is 10.1. The predicted molar refractivity (Wildman–Crippen MR) is 72.3 cm³/mol. The minimum absolute atomic E-state index is 0.00982. The highest BCUT2D eigenvalue weighted by molar-refractivity contribution is 5.85. The average Bonchev–Trinajstić information content (AvgIpc) is 2.41. The summed E-state index contributed by atoms with van der Waals surface area (Å²) in [6.07, 6.45) is 0. The largest absolute Gasteiger partial charge is 0.477 e. The monoisotopic (exact) mass is 273 g/mol. The van der Waals surface area contributed by atoms with Gasteiger partial charge in [-0.1, -0.05) is 12.1 Å². The molecule has 0 saturated heterocycles. The van der Waals surface area contributed by atoms with Gasteiger partial charge >= 0.3 is 5.97 Å². The molecule has 0 aliphatic carbocycles. The molecule has 0 bridgehead atoms. The number of carbonyl (C=O) groups is 1. The maximum absolute atomic E-state index is 10.9. The van der Waals surface area contributed by atoms with E-state index in [1.54, 1.807) is 31.2 Å². The Hall–Kier alpha value is -2.96. The molecule has 102 valence electrons. The highest BCUT2D eigenvalue weighted by Gasteiger charge is 2.11. The van der Waals surface area contributed by atoms with Crippen molar-refractivity contribution in [3.05, 3.63) is 57.8 Å². The summed E-state index contributed by atoms with van der Waals surface area (Å²) in [7, 11) is 0. The first-order valence-electron chi connectivity index (χ1n) is 5.70. The summed E-state index contributed by atoms with van der Waals surface area (Å²) >= 11 is 0. The fourth-order valence-electron chi connectivity index (χ4n) is 1.66. The number of hydrogen-bond acceptors (Lipinski definition) is 5. The van der Waals surface area contributed by atoms with Gasteiger partial charge in [0.2, 0.25) is 0 Å². The number of rotatable bonds is 4. The number of nitro groups is 1. The number of hydrogen-bond donors (Lipinski definition) is 2. The first kappa shape index (κ1) is 13.5. The molecule has 2 rings (SSSR count). The Balaban J connectivity index is 2.30. The highest BCUT2D eigenvalue weighted by atomic mass is 16.6. The number of pyridine rings is 1. The molecule has 0 saturated carbocycles. The lowest BCUT2D eigenvalue weighted by Crippen LogP contribution is -2.03. The Morgan fingerprint density at radius 3 is 2.75 bits per heavy atom. The van der Waals surface area contributed by atoms with Gasteiger partial charge in [-0.25, -0.2) is 9.78 Å². The summed E-state index contributed by atoms with van der Waals surface area (Å²) in [6.45, 7) is 1.64. The van der Waals surface area contributed by atoms with Crippen molar-refractivity contribution in [3.63, 3.8) is 0 Å². The van der Waals surface area contributed by atoms with Gasteiger partial charge in [0.05, 0.1) is 4.92 Å². The fraction of sp³-hybridized carbons (Fsp3) is 0.0769. The quantitative estimate of drug-likeness (QED) is 0.655. The van der Waals surface area contributed by atoms with E-state index in [1.165, 1.54) is 12.1 Å². The minimum Gasteiger partial charge on any atom is -0.477 e. The molecule has 0 radical (unpaired) electrons. The number of benzene rings is 1. The van der Waals surface area contributed by atoms with Crippen molar-refractivity contribution in [2.45, 2.75) is 6.92 Å². The third-order valence-corrected chi connectivity index (χ3v) is 2.65. The van der Waals surface area contributed by atoms with Gasteiger partial charge in [0.1, 0.15) is 5.82 Å². The van der Waals surface area contributed by atoms with Crippen LogP contribution in [0.1, 0.15) is 16.1 Å². The molecule has 0 aliphatic rings. The van der Waals surface area contributed by atoms with Crippen molar-refractivity contribution in [3.8, 4) is 0 Å². The summed E-state index contributed by atoms with van der Waals surface area (Å²) in [5.74, 6) is -0.827. The topological polar surface area (TPSA) is 105 Å². The van der Waals surface area contributed by atoms with Crippen LogP contribution in [0.5, 0.6) is 0 Å². The fourth-order valence-corrected chi connectivity index (χ4v) is 1.66. The van der Waals surface area contributed by atoms with Crippen LogP contribution >= 0.6 is 0 Å². The Bertz CT molecular complexity index is 685. The number of aromatic nitrogens is 1. The van der Waals surface area contributed by atoms with E-state index in [1.807, 2.05) is 0 Å². The molecular weight excluding hydrogens is 262 g/mol. The zero-order valence-electron chi connectivity index (χ0n) is 10.5. The Labute approximate surface area is 114 Å². The van der Waals surface area contributed by atoms with Crippen molar-refractivity contribution >= 4 is 23.2 Å². The molecule has 0 spiro atoms. The number of aryl methyl sites for hydroxylation is 1. The number of nitro benzene ring substituents is 1. The summed E-state index contributed by atoms with van der Waals surface area (Å²) < 4.78 is 0. The third-order valence-electron chi connectivity index (χ3n) is 2.65. The lowest BCUT2D eigenvalue weighted by Gasteiger charge is -2.07. The van der Waals surface area contributed by atoms with Crippen LogP contribution in [0, 0.1) is 17.0 Å². The Kier molecular flexibility index (Phi) is 3.60. The smallest absolute Gasteiger partial charge is 0.354 e. The number of nitrogens with zero attached hydrogens (tertiary/aromatic N) is 2. The van der Waals surface area contributed by atoms with E-state index in [-0.39, 0.29) is 11.4 Å². The number of nitrogens with one attached hydrogen (secondary N) is 1. The number of carboxylic acids is 1. The zero-order chi connectivity index (χ0) is 14.7. The molecule has 2 N–H and O–H groups in total. The van der Waals surface area contributed by atoms with Crippen LogP contribution in [0.15, 0.2) is 36.4 Å². The van der Waals surface area contributed by atoms with Crippen molar-refractivity contribution in [1.29, 1.82) is 0 Å². The summed E-state index contributed by atoms with van der Waals surface area (Å²) in [5, 5.41) is 22.5. The van der Waals surface area contributed by atoms with Crippen molar-refractivity contribution < 1.29 is 14.8 Å². The molecule has 1 aromatic carbocycles. The highest BCUT2D eigenvalue weighted by Crippen LogP contribution is 2.24. The number of anilines is 2. The van der Waals surface area contributed by atoms with E-state index < -0.39 is 10.9 Å². The van der Waals surface area contributed by atoms with Gasteiger partial charge in [0.25, 0.3) is 5.69 Å². The number of carboxylic acid groups (broad SMARTS) is 1. The molecule has 0 amide bonds. The van der Waals surface area contributed by atoms with E-state index in [0.29, 0.717) is 17.1 Å². The van der Waals surface area contributed by atoms with Crippen LogP contribution in [-0.2, 0) is 0 Å². The maximum atomic E-state index is 10.9. The van der Waals surface area contributed by atoms with Gasteiger partial charge in [-0.15, -0.1) is 0 Å². The molecule has 2 aromatic rings. The zero-order valence-corrected chi connectivity index (χ0v) is 10.5. The van der Waals surface area contributed by atoms with Gasteiger partial charge in [-0.05, 0) is 25.1 Å². The molecule has 20 heavy (non-hydrogen) atoms. The second kappa shape index (κ2) is 5.35. The van der Waals surface area contributed by atoms with Crippen molar-refractivity contribution in [1.82, 2.24) is 4.98 Å². The molecule has 7 nitrogen and oxygen atoms in total. The van der Waals surface area contributed by atoms with Crippen LogP contribution in [0.3, 0.4) is 0 Å². The Morgan fingerprint density at radius 2 is 2.10 bits per heavy atom. The standard InChI is InChI=1S/C13H11N3O4/c1-8-5-6-9(7-11(8)16(19)20)14-12-4-2-3-10(15-12)13(17)18/h2-7H,1H3,(H,14,15)(H,17,18). The van der Waals surface area contributed by atoms with Crippen LogP contribution in [0.2, 0.25) is 0 Å². The van der Waals surface area contributed by atoms with E-state index in [0.717, 1.165) is 0 Å². The minimum atomic E-state index is -1.14. The number of aromatic carboxylic acids is 1.